The highest BCUT2D eigenvalue weighted by Crippen LogP contribution is 2.21. The Morgan fingerprint density at radius 2 is 2.00 bits per heavy atom. The molecule has 0 bridgehead atoms. The van der Waals surface area contributed by atoms with Crippen LogP contribution in [-0.4, -0.2) is 53.3 Å². The van der Waals surface area contributed by atoms with E-state index in [1.165, 1.54) is 0 Å². The fourth-order valence-corrected chi connectivity index (χ4v) is 2.66. The largest absolute Gasteiger partial charge is 0.481 e. The summed E-state index contributed by atoms with van der Waals surface area (Å²) in [7, 11) is 0. The van der Waals surface area contributed by atoms with E-state index in [0.29, 0.717) is 6.54 Å². The average Bonchev–Trinajstić information content (AvgIpc) is 2.78. The molecule has 116 valence electrons. The molecule has 6 heteroatoms. The minimum atomic E-state index is -0.911. The molecule has 1 aliphatic heterocycles. The van der Waals surface area contributed by atoms with Crippen molar-refractivity contribution >= 4 is 12.0 Å². The SMILES string of the molecule is CCCC(C)(C)NC(=O)N(CC)C1COCC1C(=O)O. The Balaban J connectivity index is 2.75. The maximum Gasteiger partial charge on any atom is 0.318 e. The highest BCUT2D eigenvalue weighted by atomic mass is 16.5. The van der Waals surface area contributed by atoms with Crippen LogP contribution in [0.2, 0.25) is 0 Å². The highest BCUT2D eigenvalue weighted by Gasteiger charge is 2.40. The average molecular weight is 286 g/mol. The number of nitrogens with zero attached hydrogens (tertiary/aromatic N) is 1. The Labute approximate surface area is 120 Å². The monoisotopic (exact) mass is 286 g/mol. The summed E-state index contributed by atoms with van der Waals surface area (Å²) in [6.45, 7) is 8.78. The second-order valence-corrected chi connectivity index (χ2v) is 5.90. The van der Waals surface area contributed by atoms with Gasteiger partial charge in [0.25, 0.3) is 0 Å². The molecule has 2 unspecified atom stereocenters. The number of carbonyl (C=O) groups excluding carboxylic acids is 1. The zero-order valence-corrected chi connectivity index (χ0v) is 12.8. The third-order valence-electron chi connectivity index (χ3n) is 3.69. The molecule has 0 aromatic heterocycles. The second kappa shape index (κ2) is 6.92. The van der Waals surface area contributed by atoms with Gasteiger partial charge in [0.2, 0.25) is 0 Å². The van der Waals surface area contributed by atoms with E-state index >= 15 is 0 Å². The third kappa shape index (κ3) is 4.10. The molecule has 1 saturated heterocycles. The zero-order valence-electron chi connectivity index (χ0n) is 12.8. The van der Waals surface area contributed by atoms with Gasteiger partial charge in [-0.15, -0.1) is 0 Å². The van der Waals surface area contributed by atoms with Gasteiger partial charge in [-0.25, -0.2) is 4.79 Å². The first-order valence-corrected chi connectivity index (χ1v) is 7.21. The Bertz CT molecular complexity index is 357. The minimum absolute atomic E-state index is 0.169. The number of amides is 2. The maximum atomic E-state index is 12.4. The zero-order chi connectivity index (χ0) is 15.3. The topological polar surface area (TPSA) is 78.9 Å². The van der Waals surface area contributed by atoms with Crippen LogP contribution in [0.3, 0.4) is 0 Å². The number of carboxylic acid groups (broad SMARTS) is 1. The van der Waals surface area contributed by atoms with E-state index in [4.69, 9.17) is 4.74 Å². The van der Waals surface area contributed by atoms with Gasteiger partial charge < -0.3 is 20.1 Å². The lowest BCUT2D eigenvalue weighted by Gasteiger charge is -2.34. The summed E-state index contributed by atoms with van der Waals surface area (Å²) in [5.74, 6) is -1.55. The number of hydrogen-bond donors (Lipinski definition) is 2. The van der Waals surface area contributed by atoms with Gasteiger partial charge in [-0.2, -0.15) is 0 Å². The molecule has 1 heterocycles. The molecule has 6 nitrogen and oxygen atoms in total. The number of ether oxygens (including phenoxy) is 1. The Morgan fingerprint density at radius 1 is 1.35 bits per heavy atom. The standard InChI is InChI=1S/C14H26N2O4/c1-5-7-14(3,4)15-13(19)16(6-2)11-9-20-8-10(11)12(17)18/h10-11H,5-9H2,1-4H3,(H,15,19)(H,17,18). The number of carbonyl (C=O) groups is 2. The lowest BCUT2D eigenvalue weighted by molar-refractivity contribution is -0.142. The molecule has 0 saturated carbocycles. The number of aliphatic carboxylic acids is 1. The molecule has 0 aromatic carbocycles. The summed E-state index contributed by atoms with van der Waals surface area (Å²) in [5.41, 5.74) is -0.294. The summed E-state index contributed by atoms with van der Waals surface area (Å²) in [5, 5.41) is 12.2. The summed E-state index contributed by atoms with van der Waals surface area (Å²) in [4.78, 5) is 25.2. The van der Waals surface area contributed by atoms with Crippen molar-refractivity contribution in [1.29, 1.82) is 0 Å². The molecule has 2 N–H and O–H groups in total. The molecule has 1 rings (SSSR count). The summed E-state index contributed by atoms with van der Waals surface area (Å²) in [6, 6.07) is -0.609. The van der Waals surface area contributed by atoms with Crippen LogP contribution in [0.15, 0.2) is 0 Å². The molecule has 1 fully saturated rings. The van der Waals surface area contributed by atoms with Gasteiger partial charge >= 0.3 is 12.0 Å². The molecular formula is C14H26N2O4. The van der Waals surface area contributed by atoms with Gasteiger partial charge in [0.1, 0.15) is 5.92 Å². The normalized spacial score (nSPS) is 22.6. The van der Waals surface area contributed by atoms with Gasteiger partial charge in [0, 0.05) is 12.1 Å². The number of carboxylic acids is 1. The molecule has 2 atom stereocenters. The summed E-state index contributed by atoms with van der Waals surface area (Å²) in [6.07, 6.45) is 1.85. The van der Waals surface area contributed by atoms with Gasteiger partial charge in [0.15, 0.2) is 0 Å². The predicted molar refractivity (Wildman–Crippen MR) is 75.6 cm³/mol. The maximum absolute atomic E-state index is 12.4. The van der Waals surface area contributed by atoms with Crippen LogP contribution in [0.25, 0.3) is 0 Å². The van der Waals surface area contributed by atoms with Crippen LogP contribution >= 0.6 is 0 Å². The van der Waals surface area contributed by atoms with Crippen LogP contribution in [0.4, 0.5) is 4.79 Å². The Morgan fingerprint density at radius 3 is 2.50 bits per heavy atom. The Hall–Kier alpha value is -1.30. The van der Waals surface area contributed by atoms with Crippen molar-refractivity contribution in [1.82, 2.24) is 10.2 Å². The van der Waals surface area contributed by atoms with Gasteiger partial charge in [0.05, 0.1) is 19.3 Å². The van der Waals surface area contributed by atoms with Crippen LogP contribution < -0.4 is 5.32 Å². The van der Waals surface area contributed by atoms with Crippen LogP contribution in [0, 0.1) is 5.92 Å². The van der Waals surface area contributed by atoms with E-state index in [-0.39, 0.29) is 24.8 Å². The van der Waals surface area contributed by atoms with Crippen molar-refractivity contribution < 1.29 is 19.4 Å². The lowest BCUT2D eigenvalue weighted by atomic mass is 9.99. The second-order valence-electron chi connectivity index (χ2n) is 5.90. The number of nitrogens with one attached hydrogen (secondary N) is 1. The van der Waals surface area contributed by atoms with Gasteiger partial charge in [-0.05, 0) is 27.2 Å². The molecule has 0 aliphatic carbocycles. The van der Waals surface area contributed by atoms with E-state index in [2.05, 4.69) is 12.2 Å². The fourth-order valence-electron chi connectivity index (χ4n) is 2.66. The predicted octanol–water partition coefficient (Wildman–Crippen LogP) is 1.70. The van der Waals surface area contributed by atoms with Crippen molar-refractivity contribution in [2.75, 3.05) is 19.8 Å². The first kappa shape index (κ1) is 16.8. The third-order valence-corrected chi connectivity index (χ3v) is 3.69. The van der Waals surface area contributed by atoms with Crippen molar-refractivity contribution in [3.63, 3.8) is 0 Å². The van der Waals surface area contributed by atoms with Gasteiger partial charge in [-0.3, -0.25) is 4.79 Å². The fraction of sp³-hybridized carbons (Fsp3) is 0.857. The lowest BCUT2D eigenvalue weighted by Crippen LogP contribution is -2.55. The highest BCUT2D eigenvalue weighted by molar-refractivity contribution is 5.77. The number of hydrogen-bond acceptors (Lipinski definition) is 3. The molecule has 0 radical (unpaired) electrons. The van der Waals surface area contributed by atoms with E-state index in [1.807, 2.05) is 20.8 Å². The minimum Gasteiger partial charge on any atom is -0.481 e. The van der Waals surface area contributed by atoms with Crippen LogP contribution in [0.5, 0.6) is 0 Å². The first-order chi connectivity index (χ1) is 9.32. The van der Waals surface area contributed by atoms with E-state index in [9.17, 15) is 14.7 Å². The molecule has 2 amide bonds. The molecule has 1 aliphatic rings. The van der Waals surface area contributed by atoms with Crippen LogP contribution in [-0.2, 0) is 9.53 Å². The summed E-state index contributed by atoms with van der Waals surface area (Å²) >= 11 is 0. The van der Waals surface area contributed by atoms with Crippen molar-refractivity contribution in [2.45, 2.75) is 52.1 Å². The molecule has 0 spiro atoms. The van der Waals surface area contributed by atoms with E-state index < -0.39 is 17.9 Å². The number of rotatable bonds is 6. The van der Waals surface area contributed by atoms with Crippen molar-refractivity contribution in [2.24, 2.45) is 5.92 Å². The van der Waals surface area contributed by atoms with E-state index in [0.717, 1.165) is 12.8 Å². The smallest absolute Gasteiger partial charge is 0.318 e. The molecule has 20 heavy (non-hydrogen) atoms. The number of likely N-dealkylation sites (N-methyl/N-ethyl adjacent to an activating group) is 1. The first-order valence-electron chi connectivity index (χ1n) is 7.21. The molecule has 0 aromatic rings. The van der Waals surface area contributed by atoms with Crippen LogP contribution in [0.1, 0.15) is 40.5 Å². The van der Waals surface area contributed by atoms with Crippen molar-refractivity contribution in [3.8, 4) is 0 Å². The van der Waals surface area contributed by atoms with E-state index in [1.54, 1.807) is 4.90 Å². The quantitative estimate of drug-likeness (QED) is 0.779. The Kier molecular flexibility index (Phi) is 5.80. The molecular weight excluding hydrogens is 260 g/mol. The summed E-state index contributed by atoms with van der Waals surface area (Å²) < 4.78 is 5.24. The van der Waals surface area contributed by atoms with Gasteiger partial charge in [-0.1, -0.05) is 13.3 Å². The van der Waals surface area contributed by atoms with Crippen molar-refractivity contribution in [3.05, 3.63) is 0 Å². The number of urea groups is 1.